The summed E-state index contributed by atoms with van der Waals surface area (Å²) in [4.78, 5) is 24.0. The Morgan fingerprint density at radius 1 is 0.900 bits per heavy atom. The highest BCUT2D eigenvalue weighted by atomic mass is 16.6. The van der Waals surface area contributed by atoms with E-state index in [0.29, 0.717) is 0 Å². The van der Waals surface area contributed by atoms with Crippen LogP contribution in [-0.4, -0.2) is 23.1 Å². The molecule has 0 fully saturated rings. The highest BCUT2D eigenvalue weighted by Crippen LogP contribution is 2.26. The molecule has 0 aromatic heterocycles. The third-order valence-corrected chi connectivity index (χ3v) is 3.28. The Morgan fingerprint density at radius 3 is 1.70 bits per heavy atom. The summed E-state index contributed by atoms with van der Waals surface area (Å²) in [5, 5.41) is 0. The lowest BCUT2D eigenvalue weighted by atomic mass is 9.92. The lowest BCUT2D eigenvalue weighted by Gasteiger charge is -2.33. The fourth-order valence-corrected chi connectivity index (χ4v) is 1.28. The normalized spacial score (nSPS) is 13.3. The highest BCUT2D eigenvalue weighted by molar-refractivity contribution is 5.83. The summed E-state index contributed by atoms with van der Waals surface area (Å²) >= 11 is 0. The van der Waals surface area contributed by atoms with Gasteiger partial charge in [-0.15, -0.1) is 0 Å². The molecule has 0 N–H and O–H groups in total. The predicted octanol–water partition coefficient (Wildman–Crippen LogP) is 3.72. The van der Waals surface area contributed by atoms with Crippen LogP contribution in [0.3, 0.4) is 0 Å². The van der Waals surface area contributed by atoms with Gasteiger partial charge in [0.05, 0.1) is 6.42 Å². The molecule has 0 radical (unpaired) electrons. The van der Waals surface area contributed by atoms with Crippen LogP contribution in [-0.2, 0) is 19.1 Å². The molecule has 0 heterocycles. The Hall–Kier alpha value is -1.06. The fourth-order valence-electron chi connectivity index (χ4n) is 1.28. The lowest BCUT2D eigenvalue weighted by Crippen LogP contribution is -2.45. The van der Waals surface area contributed by atoms with E-state index in [1.807, 2.05) is 48.5 Å². The molecule has 0 atom stereocenters. The first kappa shape index (κ1) is 18.9. The molecule has 0 aliphatic rings. The van der Waals surface area contributed by atoms with E-state index in [4.69, 9.17) is 9.47 Å². The molecule has 0 amide bonds. The molecule has 4 nitrogen and oxygen atoms in total. The van der Waals surface area contributed by atoms with Crippen LogP contribution in [0.2, 0.25) is 0 Å². The predicted molar refractivity (Wildman–Crippen MR) is 79.3 cm³/mol. The average molecular weight is 286 g/mol. The summed E-state index contributed by atoms with van der Waals surface area (Å²) < 4.78 is 10.8. The number of hydrogen-bond donors (Lipinski definition) is 0. The van der Waals surface area contributed by atoms with E-state index in [0.717, 1.165) is 0 Å². The molecule has 4 heteroatoms. The number of rotatable bonds is 5. The van der Waals surface area contributed by atoms with Crippen LogP contribution in [0, 0.1) is 11.3 Å². The second kappa shape index (κ2) is 6.15. The second-order valence-electron chi connectivity index (χ2n) is 7.87. The number of hydrogen-bond acceptors (Lipinski definition) is 4. The van der Waals surface area contributed by atoms with Gasteiger partial charge in [0.2, 0.25) is 5.60 Å². The molecule has 0 aliphatic heterocycles. The van der Waals surface area contributed by atoms with Gasteiger partial charge in [-0.3, -0.25) is 4.79 Å². The monoisotopic (exact) mass is 286 g/mol. The lowest BCUT2D eigenvalue weighted by molar-refractivity contribution is -0.191. The summed E-state index contributed by atoms with van der Waals surface area (Å²) in [6.45, 7) is 16.6. The van der Waals surface area contributed by atoms with Gasteiger partial charge in [0.25, 0.3) is 0 Å². The Morgan fingerprint density at radius 2 is 1.35 bits per heavy atom. The molecule has 0 aliphatic carbocycles. The van der Waals surface area contributed by atoms with Crippen molar-refractivity contribution in [2.75, 3.05) is 0 Å². The van der Waals surface area contributed by atoms with Crippen molar-refractivity contribution in [3.8, 4) is 0 Å². The molecular weight excluding hydrogens is 256 g/mol. The quantitative estimate of drug-likeness (QED) is 0.723. The van der Waals surface area contributed by atoms with Gasteiger partial charge in [-0.1, -0.05) is 34.6 Å². The first-order valence-corrected chi connectivity index (χ1v) is 7.13. The minimum Gasteiger partial charge on any atom is -0.456 e. The zero-order valence-corrected chi connectivity index (χ0v) is 14.4. The summed E-state index contributed by atoms with van der Waals surface area (Å²) in [5.74, 6) is -0.729. The van der Waals surface area contributed by atoms with Crippen molar-refractivity contribution in [2.24, 2.45) is 11.3 Å². The third-order valence-electron chi connectivity index (χ3n) is 3.28. The Kier molecular flexibility index (Phi) is 5.82. The fraction of sp³-hybridized carbons (Fsp3) is 0.875. The van der Waals surface area contributed by atoms with E-state index < -0.39 is 17.2 Å². The second-order valence-corrected chi connectivity index (χ2v) is 7.87. The largest absolute Gasteiger partial charge is 0.456 e. The van der Waals surface area contributed by atoms with Crippen LogP contribution in [0.15, 0.2) is 0 Å². The first-order valence-electron chi connectivity index (χ1n) is 7.13. The van der Waals surface area contributed by atoms with E-state index in [2.05, 4.69) is 0 Å². The van der Waals surface area contributed by atoms with E-state index in [9.17, 15) is 9.59 Å². The van der Waals surface area contributed by atoms with Crippen molar-refractivity contribution in [2.45, 2.75) is 79.9 Å². The zero-order valence-electron chi connectivity index (χ0n) is 14.4. The standard InChI is InChI=1S/C16H30O4/c1-11(2)15(6,7)20-13(18)16(8,9)19-12(17)10-14(3,4)5/h11H,10H2,1-9H3. The number of ether oxygens (including phenoxy) is 2. The smallest absolute Gasteiger partial charge is 0.350 e. The molecule has 0 spiro atoms. The minimum absolute atomic E-state index is 0.172. The Labute approximate surface area is 123 Å². The van der Waals surface area contributed by atoms with Gasteiger partial charge in [-0.25, -0.2) is 4.79 Å². The molecule has 118 valence electrons. The highest BCUT2D eigenvalue weighted by Gasteiger charge is 2.39. The maximum atomic E-state index is 12.2. The Bertz CT molecular complexity index is 359. The van der Waals surface area contributed by atoms with Gasteiger partial charge in [0, 0.05) is 0 Å². The van der Waals surface area contributed by atoms with E-state index in [1.54, 1.807) is 13.8 Å². The van der Waals surface area contributed by atoms with Gasteiger partial charge >= 0.3 is 11.9 Å². The van der Waals surface area contributed by atoms with Crippen LogP contribution >= 0.6 is 0 Å². The average Bonchev–Trinajstić information content (AvgIpc) is 2.11. The third kappa shape index (κ3) is 6.40. The summed E-state index contributed by atoms with van der Waals surface area (Å²) in [6.07, 6.45) is 0.261. The molecule has 0 rings (SSSR count). The van der Waals surface area contributed by atoms with Crippen molar-refractivity contribution >= 4 is 11.9 Å². The van der Waals surface area contributed by atoms with E-state index in [-0.39, 0.29) is 23.7 Å². The van der Waals surface area contributed by atoms with Crippen molar-refractivity contribution in [3.05, 3.63) is 0 Å². The molecule has 0 bridgehead atoms. The van der Waals surface area contributed by atoms with Gasteiger partial charge < -0.3 is 9.47 Å². The maximum Gasteiger partial charge on any atom is 0.350 e. The molecule has 0 aromatic carbocycles. The summed E-state index contributed by atoms with van der Waals surface area (Å²) in [5.41, 5.74) is -2.03. The van der Waals surface area contributed by atoms with Crippen LogP contribution < -0.4 is 0 Å². The van der Waals surface area contributed by atoms with E-state index in [1.165, 1.54) is 0 Å². The van der Waals surface area contributed by atoms with Crippen molar-refractivity contribution in [1.82, 2.24) is 0 Å². The molecule has 0 saturated carbocycles. The maximum absolute atomic E-state index is 12.2. The topological polar surface area (TPSA) is 52.6 Å². The molecule has 20 heavy (non-hydrogen) atoms. The Balaban J connectivity index is 4.73. The van der Waals surface area contributed by atoms with Crippen molar-refractivity contribution in [1.29, 1.82) is 0 Å². The number of carbonyl (C=O) groups excluding carboxylic acids is 2. The SMILES string of the molecule is CC(C)C(C)(C)OC(=O)C(C)(C)OC(=O)CC(C)(C)C. The molecule has 0 saturated heterocycles. The molecular formula is C16H30O4. The van der Waals surface area contributed by atoms with Crippen molar-refractivity contribution in [3.63, 3.8) is 0 Å². The minimum atomic E-state index is -1.27. The number of carbonyl (C=O) groups is 2. The van der Waals surface area contributed by atoms with Gasteiger partial charge in [-0.05, 0) is 39.0 Å². The van der Waals surface area contributed by atoms with Gasteiger partial charge in [-0.2, -0.15) is 0 Å². The van der Waals surface area contributed by atoms with Crippen LogP contribution in [0.1, 0.15) is 68.7 Å². The summed E-state index contributed by atoms with van der Waals surface area (Å²) in [6, 6.07) is 0. The van der Waals surface area contributed by atoms with E-state index >= 15 is 0 Å². The van der Waals surface area contributed by atoms with Crippen LogP contribution in [0.5, 0.6) is 0 Å². The van der Waals surface area contributed by atoms with Gasteiger partial charge in [0.15, 0.2) is 0 Å². The van der Waals surface area contributed by atoms with Crippen LogP contribution in [0.25, 0.3) is 0 Å². The first-order chi connectivity index (χ1) is 8.67. The summed E-state index contributed by atoms with van der Waals surface area (Å²) in [7, 11) is 0. The number of esters is 2. The molecule has 0 aromatic rings. The molecule has 0 unspecified atom stereocenters. The van der Waals surface area contributed by atoms with Crippen molar-refractivity contribution < 1.29 is 19.1 Å². The van der Waals surface area contributed by atoms with Gasteiger partial charge in [0.1, 0.15) is 5.60 Å². The zero-order chi connectivity index (χ0) is 16.4. The van der Waals surface area contributed by atoms with Crippen LogP contribution in [0.4, 0.5) is 0 Å².